The zero-order valence-electron chi connectivity index (χ0n) is 14.6. The first-order valence-electron chi connectivity index (χ1n) is 7.89. The molecule has 2 heterocycles. The lowest BCUT2D eigenvalue weighted by Gasteiger charge is -2.07. The Balaban J connectivity index is 1.86. The van der Waals surface area contributed by atoms with E-state index in [4.69, 9.17) is 21.1 Å². The standard InChI is InChI=1S/C19H16ClN3O4/c1-25-16(19(24)26-2)12-13-4-3-10-21-18(13)27-17-9-11-23(22-17)15-7-5-14(20)6-8-15/h3-12H,1-2H3/b16-12+. The molecule has 3 rings (SSSR count). The summed E-state index contributed by atoms with van der Waals surface area (Å²) in [5, 5.41) is 5.01. The molecule has 7 nitrogen and oxygen atoms in total. The zero-order chi connectivity index (χ0) is 19.2. The highest BCUT2D eigenvalue weighted by molar-refractivity contribution is 6.30. The molecule has 0 atom stereocenters. The molecule has 0 fully saturated rings. The summed E-state index contributed by atoms with van der Waals surface area (Å²) >= 11 is 5.90. The molecule has 8 heteroatoms. The van der Waals surface area contributed by atoms with E-state index >= 15 is 0 Å². The van der Waals surface area contributed by atoms with Crippen molar-refractivity contribution in [2.24, 2.45) is 0 Å². The van der Waals surface area contributed by atoms with Gasteiger partial charge in [-0.3, -0.25) is 0 Å². The first-order valence-corrected chi connectivity index (χ1v) is 8.27. The Morgan fingerprint density at radius 1 is 1.11 bits per heavy atom. The Bertz CT molecular complexity index is 967. The minimum atomic E-state index is -0.598. The van der Waals surface area contributed by atoms with E-state index in [-0.39, 0.29) is 11.6 Å². The van der Waals surface area contributed by atoms with Crippen LogP contribution in [-0.4, -0.2) is 35.0 Å². The van der Waals surface area contributed by atoms with Crippen molar-refractivity contribution < 1.29 is 19.0 Å². The number of aromatic nitrogens is 3. The van der Waals surface area contributed by atoms with Crippen molar-refractivity contribution in [1.29, 1.82) is 0 Å². The number of nitrogens with zero attached hydrogens (tertiary/aromatic N) is 3. The van der Waals surface area contributed by atoms with Crippen LogP contribution in [0.5, 0.6) is 11.8 Å². The lowest BCUT2D eigenvalue weighted by atomic mass is 10.2. The molecule has 0 bridgehead atoms. The van der Waals surface area contributed by atoms with Gasteiger partial charge in [-0.15, -0.1) is 5.10 Å². The Hall–Kier alpha value is -3.32. The smallest absolute Gasteiger partial charge is 0.373 e. The maximum Gasteiger partial charge on any atom is 0.373 e. The second-order valence-electron chi connectivity index (χ2n) is 5.28. The van der Waals surface area contributed by atoms with Gasteiger partial charge in [-0.1, -0.05) is 11.6 Å². The number of esters is 1. The topological polar surface area (TPSA) is 75.5 Å². The molecular weight excluding hydrogens is 370 g/mol. The van der Waals surface area contributed by atoms with Crippen molar-refractivity contribution in [3.63, 3.8) is 0 Å². The summed E-state index contributed by atoms with van der Waals surface area (Å²) < 4.78 is 17.2. The SMILES string of the molecule is COC(=O)/C(=C\c1cccnc1Oc1ccn(-c2ccc(Cl)cc2)n1)OC. The first-order chi connectivity index (χ1) is 13.1. The molecule has 0 aliphatic rings. The number of hydrogen-bond donors (Lipinski definition) is 0. The average molecular weight is 386 g/mol. The highest BCUT2D eigenvalue weighted by atomic mass is 35.5. The summed E-state index contributed by atoms with van der Waals surface area (Å²) in [5.74, 6) is 0.0500. The fourth-order valence-electron chi connectivity index (χ4n) is 2.24. The molecule has 0 N–H and O–H groups in total. The van der Waals surface area contributed by atoms with Crippen LogP contribution < -0.4 is 4.74 Å². The van der Waals surface area contributed by atoms with Gasteiger partial charge >= 0.3 is 5.97 Å². The Labute approximate surface area is 160 Å². The van der Waals surface area contributed by atoms with Crippen molar-refractivity contribution in [2.75, 3.05) is 14.2 Å². The van der Waals surface area contributed by atoms with Crippen LogP contribution >= 0.6 is 11.6 Å². The van der Waals surface area contributed by atoms with E-state index in [1.54, 1.807) is 47.4 Å². The van der Waals surface area contributed by atoms with Gasteiger partial charge in [-0.25, -0.2) is 14.5 Å². The van der Waals surface area contributed by atoms with Gasteiger partial charge in [0.2, 0.25) is 17.5 Å². The Morgan fingerprint density at radius 3 is 2.59 bits per heavy atom. The summed E-state index contributed by atoms with van der Waals surface area (Å²) in [6, 6.07) is 12.4. The summed E-state index contributed by atoms with van der Waals surface area (Å²) in [6.07, 6.45) is 4.82. The molecule has 0 saturated heterocycles. The van der Waals surface area contributed by atoms with Gasteiger partial charge in [0.1, 0.15) is 0 Å². The van der Waals surface area contributed by atoms with Gasteiger partial charge in [-0.05, 0) is 36.4 Å². The maximum atomic E-state index is 11.7. The van der Waals surface area contributed by atoms with Crippen LogP contribution in [0, 0.1) is 0 Å². The second kappa shape index (κ2) is 8.37. The van der Waals surface area contributed by atoms with Crippen LogP contribution in [0.4, 0.5) is 0 Å². The Kier molecular flexibility index (Phi) is 5.73. The van der Waals surface area contributed by atoms with Crippen molar-refractivity contribution in [3.8, 4) is 17.4 Å². The quantitative estimate of drug-likeness (QED) is 0.364. The molecule has 27 heavy (non-hydrogen) atoms. The second-order valence-corrected chi connectivity index (χ2v) is 5.72. The van der Waals surface area contributed by atoms with Crippen LogP contribution in [-0.2, 0) is 14.3 Å². The molecule has 0 spiro atoms. The van der Waals surface area contributed by atoms with E-state index in [0.717, 1.165) is 5.69 Å². The number of hydrogen-bond acceptors (Lipinski definition) is 6. The molecule has 138 valence electrons. The van der Waals surface area contributed by atoms with Crippen molar-refractivity contribution in [2.45, 2.75) is 0 Å². The van der Waals surface area contributed by atoms with E-state index in [1.807, 2.05) is 12.1 Å². The van der Waals surface area contributed by atoms with Gasteiger partial charge in [0.25, 0.3) is 0 Å². The Morgan fingerprint density at radius 2 is 1.89 bits per heavy atom. The summed E-state index contributed by atoms with van der Waals surface area (Å²) in [6.45, 7) is 0. The molecule has 0 radical (unpaired) electrons. The first kappa shape index (κ1) is 18.5. The van der Waals surface area contributed by atoms with E-state index in [9.17, 15) is 4.79 Å². The maximum absolute atomic E-state index is 11.7. The van der Waals surface area contributed by atoms with Crippen molar-refractivity contribution in [3.05, 3.63) is 71.2 Å². The van der Waals surface area contributed by atoms with Gasteiger partial charge in [-0.2, -0.15) is 0 Å². The van der Waals surface area contributed by atoms with Gasteiger partial charge in [0.05, 0.1) is 19.9 Å². The van der Waals surface area contributed by atoms with Crippen molar-refractivity contribution in [1.82, 2.24) is 14.8 Å². The minimum Gasteiger partial charge on any atom is -0.490 e. The normalized spacial score (nSPS) is 11.1. The van der Waals surface area contributed by atoms with Crippen LogP contribution in [0.1, 0.15) is 5.56 Å². The molecular formula is C19H16ClN3O4. The monoisotopic (exact) mass is 385 g/mol. The number of ether oxygens (including phenoxy) is 3. The molecule has 1 aromatic carbocycles. The van der Waals surface area contributed by atoms with Gasteiger partial charge < -0.3 is 14.2 Å². The van der Waals surface area contributed by atoms with E-state index < -0.39 is 5.97 Å². The molecule has 0 aliphatic heterocycles. The zero-order valence-corrected chi connectivity index (χ0v) is 15.4. The molecule has 0 unspecified atom stereocenters. The average Bonchev–Trinajstić information content (AvgIpc) is 3.15. The fraction of sp³-hybridized carbons (Fsp3) is 0.105. The minimum absolute atomic E-state index is 0.0297. The van der Waals surface area contributed by atoms with Gasteiger partial charge in [0.15, 0.2) is 0 Å². The third-order valence-electron chi connectivity index (χ3n) is 3.55. The highest BCUT2D eigenvalue weighted by Crippen LogP contribution is 2.24. The number of methoxy groups -OCH3 is 2. The number of carbonyl (C=O) groups excluding carboxylic acids is 1. The molecule has 0 saturated carbocycles. The molecule has 0 aliphatic carbocycles. The molecule has 3 aromatic rings. The number of rotatable bonds is 6. The number of pyridine rings is 1. The van der Waals surface area contributed by atoms with E-state index in [1.165, 1.54) is 20.3 Å². The fourth-order valence-corrected chi connectivity index (χ4v) is 2.37. The number of halogens is 1. The third-order valence-corrected chi connectivity index (χ3v) is 3.80. The molecule has 0 amide bonds. The largest absolute Gasteiger partial charge is 0.490 e. The highest BCUT2D eigenvalue weighted by Gasteiger charge is 2.13. The number of carbonyl (C=O) groups is 1. The lowest BCUT2D eigenvalue weighted by molar-refractivity contribution is -0.139. The van der Waals surface area contributed by atoms with E-state index in [0.29, 0.717) is 16.5 Å². The summed E-state index contributed by atoms with van der Waals surface area (Å²) in [4.78, 5) is 15.9. The summed E-state index contributed by atoms with van der Waals surface area (Å²) in [5.41, 5.74) is 1.38. The predicted molar refractivity (Wildman–Crippen MR) is 99.9 cm³/mol. The molecule has 2 aromatic heterocycles. The third kappa shape index (κ3) is 4.45. The van der Waals surface area contributed by atoms with Crippen molar-refractivity contribution >= 4 is 23.6 Å². The summed E-state index contributed by atoms with van der Waals surface area (Å²) in [7, 11) is 2.66. The number of benzene rings is 1. The van der Waals surface area contributed by atoms with Gasteiger partial charge in [0, 0.05) is 35.1 Å². The van der Waals surface area contributed by atoms with Crippen LogP contribution in [0.15, 0.2) is 60.6 Å². The van der Waals surface area contributed by atoms with E-state index in [2.05, 4.69) is 14.8 Å². The lowest BCUT2D eigenvalue weighted by Crippen LogP contribution is -2.06. The van der Waals surface area contributed by atoms with Crippen LogP contribution in [0.3, 0.4) is 0 Å². The van der Waals surface area contributed by atoms with Crippen LogP contribution in [0.25, 0.3) is 11.8 Å². The van der Waals surface area contributed by atoms with Crippen LogP contribution in [0.2, 0.25) is 5.02 Å². The predicted octanol–water partition coefficient (Wildman–Crippen LogP) is 3.87.